The van der Waals surface area contributed by atoms with Gasteiger partial charge in [0.2, 0.25) is 0 Å². The second-order valence-electron chi connectivity index (χ2n) is 6.73. The first-order valence-corrected chi connectivity index (χ1v) is 7.79. The molecule has 1 nitrogen and oxygen atoms in total. The van der Waals surface area contributed by atoms with E-state index in [0.29, 0.717) is 5.41 Å². The van der Waals surface area contributed by atoms with Crippen molar-refractivity contribution in [2.24, 2.45) is 17.3 Å². The summed E-state index contributed by atoms with van der Waals surface area (Å²) in [5.41, 5.74) is 0.597. The van der Waals surface area contributed by atoms with Gasteiger partial charge in [0, 0.05) is 0 Å². The average molecular weight is 239 g/mol. The first-order valence-electron chi connectivity index (χ1n) is 7.79. The maximum atomic E-state index is 3.57. The van der Waals surface area contributed by atoms with Crippen LogP contribution in [0, 0.1) is 17.3 Å². The highest BCUT2D eigenvalue weighted by Crippen LogP contribution is 2.43. The highest BCUT2D eigenvalue weighted by Gasteiger charge is 2.33. The first-order chi connectivity index (χ1) is 8.09. The van der Waals surface area contributed by atoms with Crippen molar-refractivity contribution in [3.63, 3.8) is 0 Å². The van der Waals surface area contributed by atoms with Gasteiger partial charge in [-0.1, -0.05) is 53.4 Å². The van der Waals surface area contributed by atoms with Crippen LogP contribution in [0.2, 0.25) is 0 Å². The third kappa shape index (κ3) is 5.42. The van der Waals surface area contributed by atoms with Gasteiger partial charge in [0.05, 0.1) is 0 Å². The molecule has 0 amide bonds. The van der Waals surface area contributed by atoms with Crippen molar-refractivity contribution in [1.29, 1.82) is 0 Å². The Labute approximate surface area is 109 Å². The van der Waals surface area contributed by atoms with E-state index in [-0.39, 0.29) is 0 Å². The van der Waals surface area contributed by atoms with Crippen molar-refractivity contribution in [2.45, 2.75) is 72.6 Å². The standard InChI is InChI=1S/C16H33N/c1-5-7-8-9-14-12-16(3,4)11-10-15(14)13-17-6-2/h14-15,17H,5-13H2,1-4H3. The zero-order valence-corrected chi connectivity index (χ0v) is 12.5. The van der Waals surface area contributed by atoms with E-state index in [4.69, 9.17) is 0 Å². The van der Waals surface area contributed by atoms with Gasteiger partial charge >= 0.3 is 0 Å². The summed E-state index contributed by atoms with van der Waals surface area (Å²) in [4.78, 5) is 0. The van der Waals surface area contributed by atoms with Crippen LogP contribution >= 0.6 is 0 Å². The minimum absolute atomic E-state index is 0.597. The number of rotatable bonds is 7. The molecule has 0 spiro atoms. The maximum Gasteiger partial charge on any atom is -0.00180 e. The molecule has 2 atom stereocenters. The Morgan fingerprint density at radius 3 is 2.53 bits per heavy atom. The molecule has 2 unspecified atom stereocenters. The fourth-order valence-corrected chi connectivity index (χ4v) is 3.38. The van der Waals surface area contributed by atoms with E-state index in [9.17, 15) is 0 Å². The van der Waals surface area contributed by atoms with Crippen LogP contribution in [-0.2, 0) is 0 Å². The normalized spacial score (nSPS) is 28.2. The average Bonchev–Trinajstić information content (AvgIpc) is 2.27. The minimum Gasteiger partial charge on any atom is -0.317 e. The molecule has 0 bridgehead atoms. The predicted octanol–water partition coefficient (Wildman–Crippen LogP) is 4.62. The molecular formula is C16H33N. The first kappa shape index (κ1) is 15.0. The van der Waals surface area contributed by atoms with E-state index < -0.39 is 0 Å². The quantitative estimate of drug-likeness (QED) is 0.639. The van der Waals surface area contributed by atoms with E-state index in [1.807, 2.05) is 0 Å². The summed E-state index contributed by atoms with van der Waals surface area (Å²) in [6.07, 6.45) is 10.0. The van der Waals surface area contributed by atoms with E-state index in [0.717, 1.165) is 18.4 Å². The molecule has 0 aromatic carbocycles. The number of unbranched alkanes of at least 4 members (excludes halogenated alkanes) is 2. The van der Waals surface area contributed by atoms with E-state index in [1.54, 1.807) is 0 Å². The van der Waals surface area contributed by atoms with Crippen molar-refractivity contribution >= 4 is 0 Å². The molecule has 0 radical (unpaired) electrons. The molecular weight excluding hydrogens is 206 g/mol. The van der Waals surface area contributed by atoms with Crippen LogP contribution in [0.4, 0.5) is 0 Å². The van der Waals surface area contributed by atoms with Gasteiger partial charge in [0.1, 0.15) is 0 Å². The van der Waals surface area contributed by atoms with Crippen LogP contribution in [0.15, 0.2) is 0 Å². The summed E-state index contributed by atoms with van der Waals surface area (Å²) in [6.45, 7) is 11.8. The molecule has 0 aliphatic heterocycles. The molecule has 1 fully saturated rings. The van der Waals surface area contributed by atoms with Crippen molar-refractivity contribution in [3.8, 4) is 0 Å². The Bertz CT molecular complexity index is 198. The Balaban J connectivity index is 2.43. The smallest absolute Gasteiger partial charge is 0.00180 e. The SMILES string of the molecule is CCCCCC1CC(C)(C)CCC1CNCC. The largest absolute Gasteiger partial charge is 0.317 e. The van der Waals surface area contributed by atoms with Crippen molar-refractivity contribution in [3.05, 3.63) is 0 Å². The zero-order chi connectivity index (χ0) is 12.7. The Morgan fingerprint density at radius 2 is 1.88 bits per heavy atom. The fourth-order valence-electron chi connectivity index (χ4n) is 3.38. The lowest BCUT2D eigenvalue weighted by molar-refractivity contribution is 0.108. The Hall–Kier alpha value is -0.0400. The van der Waals surface area contributed by atoms with Gasteiger partial charge in [-0.2, -0.15) is 0 Å². The molecule has 1 saturated carbocycles. The van der Waals surface area contributed by atoms with E-state index in [2.05, 4.69) is 33.0 Å². The second-order valence-corrected chi connectivity index (χ2v) is 6.73. The molecule has 1 aliphatic rings. The number of nitrogens with one attached hydrogen (secondary N) is 1. The third-order valence-corrected chi connectivity index (χ3v) is 4.51. The highest BCUT2D eigenvalue weighted by molar-refractivity contribution is 4.85. The number of hydrogen-bond acceptors (Lipinski definition) is 1. The molecule has 0 aromatic rings. The van der Waals surface area contributed by atoms with Gasteiger partial charge in [-0.3, -0.25) is 0 Å². The van der Waals surface area contributed by atoms with E-state index in [1.165, 1.54) is 51.5 Å². The Kier molecular flexibility index (Phi) is 6.54. The lowest BCUT2D eigenvalue weighted by Crippen LogP contribution is -2.36. The van der Waals surface area contributed by atoms with Crippen LogP contribution in [0.1, 0.15) is 72.6 Å². The van der Waals surface area contributed by atoms with Crippen LogP contribution in [-0.4, -0.2) is 13.1 Å². The summed E-state index contributed by atoms with van der Waals surface area (Å²) in [7, 11) is 0. The zero-order valence-electron chi connectivity index (χ0n) is 12.5. The molecule has 102 valence electrons. The summed E-state index contributed by atoms with van der Waals surface area (Å²) < 4.78 is 0. The molecule has 0 aromatic heterocycles. The van der Waals surface area contributed by atoms with Crippen molar-refractivity contribution < 1.29 is 0 Å². The van der Waals surface area contributed by atoms with Gasteiger partial charge in [-0.25, -0.2) is 0 Å². The third-order valence-electron chi connectivity index (χ3n) is 4.51. The van der Waals surface area contributed by atoms with Crippen molar-refractivity contribution in [2.75, 3.05) is 13.1 Å². The van der Waals surface area contributed by atoms with Gasteiger partial charge in [-0.05, 0) is 49.6 Å². The summed E-state index contributed by atoms with van der Waals surface area (Å²) in [5.74, 6) is 1.92. The van der Waals surface area contributed by atoms with E-state index >= 15 is 0 Å². The molecule has 0 heterocycles. The molecule has 1 N–H and O–H groups in total. The molecule has 1 rings (SSSR count). The highest BCUT2D eigenvalue weighted by atomic mass is 14.8. The summed E-state index contributed by atoms with van der Waals surface area (Å²) >= 11 is 0. The van der Waals surface area contributed by atoms with Gasteiger partial charge in [0.25, 0.3) is 0 Å². The van der Waals surface area contributed by atoms with Crippen LogP contribution < -0.4 is 5.32 Å². The summed E-state index contributed by atoms with van der Waals surface area (Å²) in [6, 6.07) is 0. The number of hydrogen-bond donors (Lipinski definition) is 1. The van der Waals surface area contributed by atoms with Gasteiger partial charge in [0.15, 0.2) is 0 Å². The predicted molar refractivity (Wildman–Crippen MR) is 77.3 cm³/mol. The summed E-state index contributed by atoms with van der Waals surface area (Å²) in [5, 5.41) is 3.57. The Morgan fingerprint density at radius 1 is 1.12 bits per heavy atom. The molecule has 1 heteroatoms. The molecule has 1 aliphatic carbocycles. The van der Waals surface area contributed by atoms with Crippen LogP contribution in [0.25, 0.3) is 0 Å². The second kappa shape index (κ2) is 7.41. The van der Waals surface area contributed by atoms with Crippen LogP contribution in [0.3, 0.4) is 0 Å². The van der Waals surface area contributed by atoms with Crippen molar-refractivity contribution in [1.82, 2.24) is 5.32 Å². The molecule has 17 heavy (non-hydrogen) atoms. The molecule has 0 saturated heterocycles. The maximum absolute atomic E-state index is 3.57. The topological polar surface area (TPSA) is 12.0 Å². The van der Waals surface area contributed by atoms with Crippen LogP contribution in [0.5, 0.6) is 0 Å². The van der Waals surface area contributed by atoms with Gasteiger partial charge in [-0.15, -0.1) is 0 Å². The minimum atomic E-state index is 0.597. The van der Waals surface area contributed by atoms with Gasteiger partial charge < -0.3 is 5.32 Å². The lowest BCUT2D eigenvalue weighted by atomic mass is 9.66. The lowest BCUT2D eigenvalue weighted by Gasteiger charge is -2.41. The monoisotopic (exact) mass is 239 g/mol. The fraction of sp³-hybridized carbons (Fsp3) is 1.00.